The SMILES string of the molecule is NC(=O)c1nn(-c2cccc(S(=O)(=O)O)c2)c(O)c1/N=N/c1ccc(S(=O)(=O)CCOS(=O)(=O)O)cc1. The molecular formula is C18H17N5O11S3. The largest absolute Gasteiger partial charge is 0.492 e. The third-order valence-corrected chi connectivity index (χ3v) is 7.48. The van der Waals surface area contributed by atoms with E-state index in [4.69, 9.17) is 10.3 Å². The fourth-order valence-electron chi connectivity index (χ4n) is 2.81. The third kappa shape index (κ3) is 6.93. The maximum atomic E-state index is 12.2. The van der Waals surface area contributed by atoms with Crippen molar-refractivity contribution in [1.82, 2.24) is 9.78 Å². The number of aromatic hydroxyl groups is 1. The summed E-state index contributed by atoms with van der Waals surface area (Å²) in [6.45, 7) is -0.811. The van der Waals surface area contributed by atoms with Crippen LogP contribution in [-0.4, -0.2) is 67.5 Å². The Morgan fingerprint density at radius 3 is 2.19 bits per heavy atom. The lowest BCUT2D eigenvalue weighted by Crippen LogP contribution is -2.15. The first-order chi connectivity index (χ1) is 17.1. The Balaban J connectivity index is 1.89. The van der Waals surface area contributed by atoms with Crippen molar-refractivity contribution in [2.24, 2.45) is 16.0 Å². The average Bonchev–Trinajstić information content (AvgIpc) is 3.13. The van der Waals surface area contributed by atoms with Crippen LogP contribution in [0.2, 0.25) is 0 Å². The van der Waals surface area contributed by atoms with Gasteiger partial charge in [-0.1, -0.05) is 6.07 Å². The predicted octanol–water partition coefficient (Wildman–Crippen LogP) is 0.932. The van der Waals surface area contributed by atoms with Crippen LogP contribution in [0.1, 0.15) is 10.5 Å². The van der Waals surface area contributed by atoms with Crippen molar-refractivity contribution >= 4 is 47.6 Å². The van der Waals surface area contributed by atoms with Crippen LogP contribution in [0.15, 0.2) is 68.6 Å². The van der Waals surface area contributed by atoms with Gasteiger partial charge in [0.25, 0.3) is 16.0 Å². The van der Waals surface area contributed by atoms with E-state index in [0.717, 1.165) is 28.9 Å². The van der Waals surface area contributed by atoms with E-state index in [2.05, 4.69) is 19.5 Å². The van der Waals surface area contributed by atoms with Gasteiger partial charge in [0.2, 0.25) is 5.88 Å². The van der Waals surface area contributed by atoms with Gasteiger partial charge in [-0.2, -0.15) is 31.7 Å². The predicted molar refractivity (Wildman–Crippen MR) is 124 cm³/mol. The minimum absolute atomic E-state index is 0.0593. The minimum atomic E-state index is -4.80. The van der Waals surface area contributed by atoms with Crippen molar-refractivity contribution in [3.05, 3.63) is 54.2 Å². The summed E-state index contributed by atoms with van der Waals surface area (Å²) >= 11 is 0. The van der Waals surface area contributed by atoms with Crippen molar-refractivity contribution in [2.75, 3.05) is 12.4 Å². The number of benzene rings is 2. The van der Waals surface area contributed by atoms with Gasteiger partial charge in [-0.25, -0.2) is 12.6 Å². The second kappa shape index (κ2) is 10.3. The van der Waals surface area contributed by atoms with Crippen LogP contribution in [0.3, 0.4) is 0 Å². The summed E-state index contributed by atoms with van der Waals surface area (Å²) in [6.07, 6.45) is 0. The van der Waals surface area contributed by atoms with Gasteiger partial charge in [-0.3, -0.25) is 13.9 Å². The quantitative estimate of drug-likeness (QED) is 0.194. The molecule has 1 amide bonds. The van der Waals surface area contributed by atoms with Gasteiger partial charge in [-0.05, 0) is 42.5 Å². The number of nitrogens with zero attached hydrogens (tertiary/aromatic N) is 4. The van der Waals surface area contributed by atoms with E-state index in [1.807, 2.05) is 0 Å². The number of carbonyl (C=O) groups excluding carboxylic acids is 1. The molecule has 0 radical (unpaired) electrons. The molecule has 0 saturated carbocycles. The standard InChI is InChI=1S/C18H17N5O11S3/c19-17(24)15-16(18(25)23(22-15)12-2-1-3-14(10-12)36(28,29)30)21-20-11-4-6-13(7-5-11)35(26,27)9-8-34-37(31,32)33/h1-7,10,25H,8-9H2,(H2,19,24)(H,28,29,30)(H,31,32,33)/b21-20+. The highest BCUT2D eigenvalue weighted by Gasteiger charge is 2.23. The minimum Gasteiger partial charge on any atom is -0.492 e. The second-order valence-electron chi connectivity index (χ2n) is 7.03. The molecule has 0 aliphatic carbocycles. The molecule has 0 bridgehead atoms. The zero-order valence-corrected chi connectivity index (χ0v) is 20.7. The van der Waals surface area contributed by atoms with E-state index in [1.165, 1.54) is 24.3 Å². The molecule has 0 fully saturated rings. The maximum Gasteiger partial charge on any atom is 0.397 e. The van der Waals surface area contributed by atoms with Crippen molar-refractivity contribution in [3.8, 4) is 11.6 Å². The number of nitrogens with two attached hydrogens (primary N) is 1. The van der Waals surface area contributed by atoms with Crippen LogP contribution >= 0.6 is 0 Å². The Hall–Kier alpha value is -3.75. The Bertz CT molecular complexity index is 1700. The number of sulfone groups is 1. The van der Waals surface area contributed by atoms with E-state index >= 15 is 0 Å². The van der Waals surface area contributed by atoms with E-state index in [0.29, 0.717) is 0 Å². The first-order valence-electron chi connectivity index (χ1n) is 9.64. The van der Waals surface area contributed by atoms with E-state index in [1.54, 1.807) is 0 Å². The zero-order valence-electron chi connectivity index (χ0n) is 18.2. The van der Waals surface area contributed by atoms with Gasteiger partial charge in [0, 0.05) is 0 Å². The van der Waals surface area contributed by atoms with Crippen molar-refractivity contribution < 1.29 is 48.4 Å². The van der Waals surface area contributed by atoms with Gasteiger partial charge in [0.05, 0.1) is 33.5 Å². The monoisotopic (exact) mass is 575 g/mol. The van der Waals surface area contributed by atoms with Gasteiger partial charge < -0.3 is 10.8 Å². The molecule has 0 aliphatic heterocycles. The van der Waals surface area contributed by atoms with Crippen molar-refractivity contribution in [1.29, 1.82) is 0 Å². The van der Waals surface area contributed by atoms with Crippen LogP contribution in [-0.2, 0) is 34.5 Å². The average molecular weight is 576 g/mol. The van der Waals surface area contributed by atoms with Gasteiger partial charge in [0.15, 0.2) is 21.2 Å². The molecule has 0 atom stereocenters. The van der Waals surface area contributed by atoms with Gasteiger partial charge in [0.1, 0.15) is 0 Å². The lowest BCUT2D eigenvalue weighted by molar-refractivity contribution is 0.0995. The molecule has 16 nitrogen and oxygen atoms in total. The molecule has 37 heavy (non-hydrogen) atoms. The molecule has 2 aromatic carbocycles. The smallest absolute Gasteiger partial charge is 0.397 e. The lowest BCUT2D eigenvalue weighted by Gasteiger charge is -2.05. The highest BCUT2D eigenvalue weighted by Crippen LogP contribution is 2.34. The Labute approximate surface area is 209 Å². The number of rotatable bonds is 10. The van der Waals surface area contributed by atoms with Crippen molar-refractivity contribution in [3.63, 3.8) is 0 Å². The maximum absolute atomic E-state index is 12.2. The molecule has 0 aliphatic rings. The number of hydrogen-bond acceptors (Lipinski definition) is 12. The zero-order chi connectivity index (χ0) is 27.6. The Kier molecular flexibility index (Phi) is 7.76. The summed E-state index contributed by atoms with van der Waals surface area (Å²) in [5.41, 5.74) is 4.26. The number of carbonyl (C=O) groups is 1. The summed E-state index contributed by atoms with van der Waals surface area (Å²) < 4.78 is 90.8. The fourth-order valence-corrected chi connectivity index (χ4v) is 4.82. The van der Waals surface area contributed by atoms with Gasteiger partial charge >= 0.3 is 10.4 Å². The van der Waals surface area contributed by atoms with Crippen LogP contribution in [0.5, 0.6) is 5.88 Å². The summed E-state index contributed by atoms with van der Waals surface area (Å²) in [5.74, 6) is -2.60. The summed E-state index contributed by atoms with van der Waals surface area (Å²) in [7, 11) is -13.4. The van der Waals surface area contributed by atoms with Gasteiger partial charge in [-0.15, -0.1) is 5.11 Å². The molecule has 3 rings (SSSR count). The highest BCUT2D eigenvalue weighted by atomic mass is 32.3. The van der Waals surface area contributed by atoms with E-state index in [-0.39, 0.29) is 16.3 Å². The Morgan fingerprint density at radius 2 is 1.62 bits per heavy atom. The molecule has 5 N–H and O–H groups in total. The Morgan fingerprint density at radius 1 is 0.973 bits per heavy atom. The second-order valence-corrected chi connectivity index (χ2v) is 11.7. The van der Waals surface area contributed by atoms with Crippen LogP contribution in [0.4, 0.5) is 11.4 Å². The summed E-state index contributed by atoms with van der Waals surface area (Å²) in [6, 6.07) is 9.27. The fraction of sp³-hybridized carbons (Fsp3) is 0.111. The molecule has 3 aromatic rings. The number of azo groups is 1. The molecular weight excluding hydrogens is 558 g/mol. The molecule has 19 heteroatoms. The number of primary amides is 1. The number of aromatic nitrogens is 2. The third-order valence-electron chi connectivity index (χ3n) is 4.48. The lowest BCUT2D eigenvalue weighted by atomic mass is 10.3. The number of amides is 1. The molecule has 0 spiro atoms. The summed E-state index contributed by atoms with van der Waals surface area (Å²) in [4.78, 5) is 11.1. The molecule has 198 valence electrons. The van der Waals surface area contributed by atoms with Crippen LogP contribution in [0.25, 0.3) is 5.69 Å². The molecule has 1 heterocycles. The van der Waals surface area contributed by atoms with Crippen molar-refractivity contribution in [2.45, 2.75) is 9.79 Å². The van der Waals surface area contributed by atoms with Crippen LogP contribution in [0, 0.1) is 0 Å². The first kappa shape index (κ1) is 27.8. The molecule has 0 saturated heterocycles. The van der Waals surface area contributed by atoms with E-state index in [9.17, 15) is 39.7 Å². The van der Waals surface area contributed by atoms with Crippen LogP contribution < -0.4 is 5.73 Å². The molecule has 1 aromatic heterocycles. The van der Waals surface area contributed by atoms with E-state index < -0.39 is 70.8 Å². The first-order valence-corrected chi connectivity index (χ1v) is 14.1. The normalized spacial score (nSPS) is 12.7. The number of hydrogen-bond donors (Lipinski definition) is 4. The topological polar surface area (TPSA) is 258 Å². The highest BCUT2D eigenvalue weighted by molar-refractivity contribution is 7.91. The summed E-state index contributed by atoms with van der Waals surface area (Å²) in [5, 5.41) is 21.9. The molecule has 0 unspecified atom stereocenters.